The van der Waals surface area contributed by atoms with Crippen molar-refractivity contribution in [2.24, 2.45) is 0 Å². The van der Waals surface area contributed by atoms with Crippen LogP contribution in [0.1, 0.15) is 32.6 Å². The number of hydrogen-bond donors (Lipinski definition) is 1. The van der Waals surface area contributed by atoms with Crippen molar-refractivity contribution in [3.8, 4) is 0 Å². The van der Waals surface area contributed by atoms with Crippen molar-refractivity contribution < 1.29 is 35.9 Å². The predicted molar refractivity (Wildman–Crippen MR) is 63.7 cm³/mol. The molecule has 0 aliphatic carbocycles. The summed E-state index contributed by atoms with van der Waals surface area (Å²) in [7, 11) is 0. The van der Waals surface area contributed by atoms with Crippen LogP contribution < -0.4 is 5.32 Å². The summed E-state index contributed by atoms with van der Waals surface area (Å²) in [6, 6.07) is -3.17. The number of rotatable bonds is 3. The molecule has 2 amide bonds. The molecular formula is C12H16F6N2O2. The van der Waals surface area contributed by atoms with Crippen LogP contribution in [0.4, 0.5) is 26.3 Å². The standard InChI is InChI=1S/C12H16F6N2O2/c1-2-3-9(21)20-6-7(19-10(22)12(16,17)18)4-5-8(20)11(13,14)15/h7-8H,2-6H2,1H3,(H,19,22)/t7-,8-/m1/s1. The molecule has 0 radical (unpaired) electrons. The number of likely N-dealkylation sites (tertiary alicyclic amines) is 1. The second-order valence-electron chi connectivity index (χ2n) is 5.10. The first-order chi connectivity index (χ1) is 9.96. The molecule has 1 saturated heterocycles. The minimum Gasteiger partial charge on any atom is -0.344 e. The number of hydrogen-bond acceptors (Lipinski definition) is 2. The summed E-state index contributed by atoms with van der Waals surface area (Å²) in [5, 5.41) is 1.63. The topological polar surface area (TPSA) is 49.4 Å². The van der Waals surface area contributed by atoms with Crippen LogP contribution in [0.3, 0.4) is 0 Å². The quantitative estimate of drug-likeness (QED) is 0.806. The Morgan fingerprint density at radius 1 is 1.14 bits per heavy atom. The lowest BCUT2D eigenvalue weighted by molar-refractivity contribution is -0.198. The van der Waals surface area contributed by atoms with Crippen LogP contribution in [-0.2, 0) is 9.59 Å². The molecule has 2 atom stereocenters. The Morgan fingerprint density at radius 2 is 1.73 bits per heavy atom. The van der Waals surface area contributed by atoms with Crippen molar-refractivity contribution in [2.45, 2.75) is 57.0 Å². The fourth-order valence-electron chi connectivity index (χ4n) is 2.33. The number of alkyl halides is 6. The molecule has 128 valence electrons. The van der Waals surface area contributed by atoms with Gasteiger partial charge in [0, 0.05) is 19.0 Å². The Labute approximate surface area is 122 Å². The Morgan fingerprint density at radius 3 is 2.18 bits per heavy atom. The Kier molecular flexibility index (Phi) is 5.69. The maximum Gasteiger partial charge on any atom is 0.471 e. The fraction of sp³-hybridized carbons (Fsp3) is 0.833. The van der Waals surface area contributed by atoms with Gasteiger partial charge in [0.05, 0.1) is 0 Å². The highest BCUT2D eigenvalue weighted by molar-refractivity contribution is 5.82. The Balaban J connectivity index is 2.82. The van der Waals surface area contributed by atoms with E-state index in [4.69, 9.17) is 0 Å². The SMILES string of the molecule is CCCC(=O)N1C[C@H](NC(=O)C(F)(F)F)CC[C@@H]1C(F)(F)F. The van der Waals surface area contributed by atoms with Crippen LogP contribution in [-0.4, -0.2) is 47.7 Å². The molecule has 4 nitrogen and oxygen atoms in total. The second-order valence-corrected chi connectivity index (χ2v) is 5.10. The van der Waals surface area contributed by atoms with Gasteiger partial charge in [0.1, 0.15) is 6.04 Å². The van der Waals surface area contributed by atoms with Crippen molar-refractivity contribution in [2.75, 3.05) is 6.54 Å². The van der Waals surface area contributed by atoms with E-state index in [1.165, 1.54) is 0 Å². The minimum atomic E-state index is -5.11. The van der Waals surface area contributed by atoms with E-state index in [0.717, 1.165) is 0 Å². The van der Waals surface area contributed by atoms with Gasteiger partial charge in [-0.15, -0.1) is 0 Å². The molecule has 1 fully saturated rings. The molecule has 1 aliphatic heterocycles. The number of carbonyl (C=O) groups excluding carboxylic acids is 2. The summed E-state index contributed by atoms with van der Waals surface area (Å²) in [4.78, 5) is 23.1. The number of piperidine rings is 1. The monoisotopic (exact) mass is 334 g/mol. The van der Waals surface area contributed by atoms with Gasteiger partial charge in [-0.3, -0.25) is 9.59 Å². The van der Waals surface area contributed by atoms with Crippen molar-refractivity contribution >= 4 is 11.8 Å². The molecule has 0 aromatic carbocycles. The highest BCUT2D eigenvalue weighted by Gasteiger charge is 2.49. The van der Waals surface area contributed by atoms with Gasteiger partial charge >= 0.3 is 18.3 Å². The molecule has 1 heterocycles. The van der Waals surface area contributed by atoms with Gasteiger partial charge in [0.25, 0.3) is 0 Å². The van der Waals surface area contributed by atoms with E-state index in [2.05, 4.69) is 0 Å². The van der Waals surface area contributed by atoms with Crippen LogP contribution in [0, 0.1) is 0 Å². The van der Waals surface area contributed by atoms with E-state index in [1.807, 2.05) is 0 Å². The van der Waals surface area contributed by atoms with E-state index in [9.17, 15) is 35.9 Å². The summed E-state index contributed by atoms with van der Waals surface area (Å²) < 4.78 is 75.3. The first-order valence-electron chi connectivity index (χ1n) is 6.70. The molecular weight excluding hydrogens is 318 g/mol. The smallest absolute Gasteiger partial charge is 0.344 e. The van der Waals surface area contributed by atoms with Gasteiger partial charge in [0.15, 0.2) is 0 Å². The molecule has 1 aliphatic rings. The molecule has 0 aromatic heterocycles. The predicted octanol–water partition coefficient (Wildman–Crippen LogP) is 2.39. The summed E-state index contributed by atoms with van der Waals surface area (Å²) >= 11 is 0. The molecule has 10 heteroatoms. The van der Waals surface area contributed by atoms with E-state index >= 15 is 0 Å². The van der Waals surface area contributed by atoms with Gasteiger partial charge in [-0.2, -0.15) is 26.3 Å². The molecule has 22 heavy (non-hydrogen) atoms. The Hall–Kier alpha value is -1.48. The summed E-state index contributed by atoms with van der Waals surface area (Å²) in [5.74, 6) is -3.00. The molecule has 1 N–H and O–H groups in total. The van der Waals surface area contributed by atoms with Crippen molar-refractivity contribution in [1.29, 1.82) is 0 Å². The number of carbonyl (C=O) groups is 2. The van der Waals surface area contributed by atoms with Crippen LogP contribution in [0.25, 0.3) is 0 Å². The lowest BCUT2D eigenvalue weighted by atomic mass is 9.97. The normalized spacial score (nSPS) is 23.3. The molecule has 0 unspecified atom stereocenters. The van der Waals surface area contributed by atoms with Crippen LogP contribution in [0.2, 0.25) is 0 Å². The molecule has 0 aromatic rings. The minimum absolute atomic E-state index is 0.132. The third-order valence-electron chi connectivity index (χ3n) is 3.34. The average Bonchev–Trinajstić information content (AvgIpc) is 2.36. The summed E-state index contributed by atoms with van der Waals surface area (Å²) in [6.07, 6.45) is -10.4. The van der Waals surface area contributed by atoms with Gasteiger partial charge in [-0.05, 0) is 19.3 Å². The van der Waals surface area contributed by atoms with Gasteiger partial charge in [0.2, 0.25) is 5.91 Å². The van der Waals surface area contributed by atoms with E-state index < -0.39 is 49.2 Å². The van der Waals surface area contributed by atoms with E-state index in [1.54, 1.807) is 12.2 Å². The van der Waals surface area contributed by atoms with Gasteiger partial charge in [-0.25, -0.2) is 0 Å². The van der Waals surface area contributed by atoms with E-state index in [-0.39, 0.29) is 12.8 Å². The molecule has 0 saturated carbocycles. The first kappa shape index (κ1) is 18.6. The van der Waals surface area contributed by atoms with Crippen LogP contribution >= 0.6 is 0 Å². The second kappa shape index (κ2) is 6.74. The molecule has 0 bridgehead atoms. The highest BCUT2D eigenvalue weighted by Crippen LogP contribution is 2.32. The number of amides is 2. The van der Waals surface area contributed by atoms with Crippen molar-refractivity contribution in [3.05, 3.63) is 0 Å². The average molecular weight is 334 g/mol. The molecule has 0 spiro atoms. The number of nitrogens with one attached hydrogen (secondary N) is 1. The van der Waals surface area contributed by atoms with Crippen LogP contribution in [0.5, 0.6) is 0 Å². The van der Waals surface area contributed by atoms with Crippen molar-refractivity contribution in [1.82, 2.24) is 10.2 Å². The lowest BCUT2D eigenvalue weighted by Crippen LogP contribution is -2.59. The molecule has 1 rings (SSSR count). The largest absolute Gasteiger partial charge is 0.471 e. The zero-order chi connectivity index (χ0) is 17.1. The summed E-state index contributed by atoms with van der Waals surface area (Å²) in [5.41, 5.74) is 0. The summed E-state index contributed by atoms with van der Waals surface area (Å²) in [6.45, 7) is 1.03. The zero-order valence-electron chi connectivity index (χ0n) is 11.7. The third kappa shape index (κ3) is 4.77. The zero-order valence-corrected chi connectivity index (χ0v) is 11.7. The fourth-order valence-corrected chi connectivity index (χ4v) is 2.33. The van der Waals surface area contributed by atoms with Gasteiger partial charge < -0.3 is 10.2 Å². The lowest BCUT2D eigenvalue weighted by Gasteiger charge is -2.40. The number of nitrogens with zero attached hydrogens (tertiary/aromatic N) is 1. The highest BCUT2D eigenvalue weighted by atomic mass is 19.4. The van der Waals surface area contributed by atoms with Crippen molar-refractivity contribution in [3.63, 3.8) is 0 Å². The van der Waals surface area contributed by atoms with Gasteiger partial charge in [-0.1, -0.05) is 6.92 Å². The Bertz CT molecular complexity index is 421. The third-order valence-corrected chi connectivity index (χ3v) is 3.34. The van der Waals surface area contributed by atoms with Crippen LogP contribution in [0.15, 0.2) is 0 Å². The maximum atomic E-state index is 12.9. The van der Waals surface area contributed by atoms with E-state index in [0.29, 0.717) is 11.3 Å². The maximum absolute atomic E-state index is 12.9. The number of halogens is 6. The first-order valence-corrected chi connectivity index (χ1v) is 6.70.